The fourth-order valence-electron chi connectivity index (χ4n) is 1.38. The molecule has 1 heterocycles. The van der Waals surface area contributed by atoms with Crippen molar-refractivity contribution >= 4 is 29.3 Å². The third-order valence-corrected chi connectivity index (χ3v) is 2.50. The molecule has 5 heteroatoms. The summed E-state index contributed by atoms with van der Waals surface area (Å²) in [6.45, 7) is 1.64. The van der Waals surface area contributed by atoms with Gasteiger partial charge in [0.1, 0.15) is 0 Å². The van der Waals surface area contributed by atoms with Crippen molar-refractivity contribution in [3.63, 3.8) is 0 Å². The average Bonchev–Trinajstić information content (AvgIpc) is 2.55. The Morgan fingerprint density at radius 1 is 1.60 bits per heavy atom. The van der Waals surface area contributed by atoms with Crippen LogP contribution in [-0.4, -0.2) is 16.1 Å². The van der Waals surface area contributed by atoms with Gasteiger partial charge in [-0.2, -0.15) is 0 Å². The lowest BCUT2D eigenvalue weighted by Crippen LogP contribution is -2.06. The Balaban J connectivity index is 2.55. The second-order valence-corrected chi connectivity index (χ2v) is 3.70. The zero-order chi connectivity index (χ0) is 11.0. The molecule has 2 aromatic rings. The van der Waals surface area contributed by atoms with Crippen LogP contribution in [0.5, 0.6) is 0 Å². The Morgan fingerprint density at radius 2 is 2.33 bits per heavy atom. The van der Waals surface area contributed by atoms with Crippen LogP contribution in [0.2, 0.25) is 0 Å². The SMILES string of the molecule is CC(C(=O)O)c1ccc2oc(=S)[nH]c2c1. The maximum Gasteiger partial charge on any atom is 0.310 e. The Kier molecular flexibility index (Phi) is 2.32. The van der Waals surface area contributed by atoms with Gasteiger partial charge in [-0.3, -0.25) is 4.79 Å². The molecule has 0 aliphatic rings. The number of nitrogens with one attached hydrogen (secondary N) is 1. The van der Waals surface area contributed by atoms with Crippen molar-refractivity contribution < 1.29 is 14.3 Å². The molecule has 2 rings (SSSR count). The Bertz CT molecular complexity index is 569. The van der Waals surface area contributed by atoms with Gasteiger partial charge in [-0.1, -0.05) is 6.07 Å². The highest BCUT2D eigenvalue weighted by atomic mass is 32.1. The van der Waals surface area contributed by atoms with Crippen LogP contribution in [0, 0.1) is 4.84 Å². The molecule has 2 N–H and O–H groups in total. The van der Waals surface area contributed by atoms with Crippen LogP contribution in [-0.2, 0) is 4.79 Å². The molecule has 0 radical (unpaired) electrons. The Morgan fingerprint density at radius 3 is 3.00 bits per heavy atom. The fourth-order valence-corrected chi connectivity index (χ4v) is 1.58. The third kappa shape index (κ3) is 1.78. The number of hydrogen-bond acceptors (Lipinski definition) is 3. The number of aliphatic carboxylic acids is 1. The highest BCUT2D eigenvalue weighted by Crippen LogP contribution is 2.21. The maximum atomic E-state index is 10.8. The molecule has 1 aromatic carbocycles. The van der Waals surface area contributed by atoms with E-state index in [0.29, 0.717) is 10.4 Å². The van der Waals surface area contributed by atoms with Gasteiger partial charge in [0.25, 0.3) is 4.84 Å². The topological polar surface area (TPSA) is 66.2 Å². The lowest BCUT2D eigenvalue weighted by atomic mass is 10.0. The van der Waals surface area contributed by atoms with E-state index in [2.05, 4.69) is 4.98 Å². The van der Waals surface area contributed by atoms with E-state index in [1.165, 1.54) is 0 Å². The van der Waals surface area contributed by atoms with Crippen molar-refractivity contribution in [3.05, 3.63) is 28.6 Å². The summed E-state index contributed by atoms with van der Waals surface area (Å²) in [5, 5.41) is 8.86. The summed E-state index contributed by atoms with van der Waals surface area (Å²) in [4.78, 5) is 13.9. The number of carboxylic acid groups (broad SMARTS) is 1. The van der Waals surface area contributed by atoms with Gasteiger partial charge < -0.3 is 14.5 Å². The monoisotopic (exact) mass is 223 g/mol. The summed E-state index contributed by atoms with van der Waals surface area (Å²) in [6, 6.07) is 5.19. The van der Waals surface area contributed by atoms with Crippen LogP contribution in [0.15, 0.2) is 22.6 Å². The molecule has 0 aliphatic heterocycles. The molecule has 1 unspecified atom stereocenters. The van der Waals surface area contributed by atoms with E-state index < -0.39 is 11.9 Å². The average molecular weight is 223 g/mol. The molecule has 0 spiro atoms. The lowest BCUT2D eigenvalue weighted by molar-refractivity contribution is -0.138. The van der Waals surface area contributed by atoms with Crippen LogP contribution in [0.1, 0.15) is 18.4 Å². The molecule has 0 bridgehead atoms. The molecule has 1 aromatic heterocycles. The first-order valence-corrected chi connectivity index (χ1v) is 4.84. The van der Waals surface area contributed by atoms with E-state index >= 15 is 0 Å². The number of fused-ring (bicyclic) bond motifs is 1. The van der Waals surface area contributed by atoms with Gasteiger partial charge in [0.15, 0.2) is 5.58 Å². The first-order chi connectivity index (χ1) is 7.08. The number of carbonyl (C=O) groups is 1. The first-order valence-electron chi connectivity index (χ1n) is 4.43. The van der Waals surface area contributed by atoms with Gasteiger partial charge in [0.05, 0.1) is 11.4 Å². The fraction of sp³-hybridized carbons (Fsp3) is 0.200. The summed E-state index contributed by atoms with van der Waals surface area (Å²) >= 11 is 4.83. The number of carboxylic acids is 1. The molecule has 78 valence electrons. The molecule has 0 fully saturated rings. The maximum absolute atomic E-state index is 10.8. The van der Waals surface area contributed by atoms with Crippen molar-refractivity contribution in [1.29, 1.82) is 0 Å². The molecule has 4 nitrogen and oxygen atoms in total. The van der Waals surface area contributed by atoms with Crippen LogP contribution >= 0.6 is 12.2 Å². The minimum atomic E-state index is -0.851. The van der Waals surface area contributed by atoms with Gasteiger partial charge in [0, 0.05) is 0 Å². The largest absolute Gasteiger partial charge is 0.481 e. The molecule has 15 heavy (non-hydrogen) atoms. The van der Waals surface area contributed by atoms with E-state index in [4.69, 9.17) is 21.7 Å². The Hall–Kier alpha value is -1.62. The molecule has 0 aliphatic carbocycles. The molecule has 0 saturated carbocycles. The van der Waals surface area contributed by atoms with Crippen molar-refractivity contribution in [1.82, 2.24) is 4.98 Å². The number of hydrogen-bond donors (Lipinski definition) is 2. The van der Waals surface area contributed by atoms with Gasteiger partial charge in [-0.15, -0.1) is 0 Å². The van der Waals surface area contributed by atoms with E-state index in [9.17, 15) is 4.79 Å². The normalized spacial score (nSPS) is 12.9. The van der Waals surface area contributed by atoms with E-state index in [1.54, 1.807) is 25.1 Å². The number of H-pyrrole nitrogens is 1. The summed E-state index contributed by atoms with van der Waals surface area (Å²) in [6.07, 6.45) is 0. The number of aromatic amines is 1. The lowest BCUT2D eigenvalue weighted by Gasteiger charge is -2.05. The van der Waals surface area contributed by atoms with Crippen LogP contribution < -0.4 is 0 Å². The number of aromatic nitrogens is 1. The second-order valence-electron chi connectivity index (χ2n) is 3.33. The number of rotatable bonds is 2. The minimum Gasteiger partial charge on any atom is -0.481 e. The molecule has 0 saturated heterocycles. The smallest absolute Gasteiger partial charge is 0.310 e. The highest BCUT2D eigenvalue weighted by molar-refractivity contribution is 7.71. The minimum absolute atomic E-state index is 0.296. The summed E-state index contributed by atoms with van der Waals surface area (Å²) in [7, 11) is 0. The van der Waals surface area contributed by atoms with Crippen molar-refractivity contribution in [2.75, 3.05) is 0 Å². The molecular formula is C10H9NO3S. The number of benzene rings is 1. The van der Waals surface area contributed by atoms with E-state index in [0.717, 1.165) is 11.1 Å². The van der Waals surface area contributed by atoms with Gasteiger partial charge in [0.2, 0.25) is 0 Å². The van der Waals surface area contributed by atoms with Gasteiger partial charge >= 0.3 is 5.97 Å². The first kappa shape index (κ1) is 9.92. The standard InChI is InChI=1S/C10H9NO3S/c1-5(9(12)13)6-2-3-8-7(4-6)11-10(15)14-8/h2-5H,1H3,(H,11,15)(H,12,13). The number of oxazole rings is 1. The molecule has 1 atom stereocenters. The Labute approximate surface area is 90.5 Å². The van der Waals surface area contributed by atoms with Gasteiger partial charge in [-0.25, -0.2) is 0 Å². The van der Waals surface area contributed by atoms with Crippen LogP contribution in [0.3, 0.4) is 0 Å². The predicted octanol–water partition coefficient (Wildman–Crippen LogP) is 2.68. The third-order valence-electron chi connectivity index (χ3n) is 2.31. The predicted molar refractivity (Wildman–Crippen MR) is 57.4 cm³/mol. The van der Waals surface area contributed by atoms with Crippen LogP contribution in [0.4, 0.5) is 0 Å². The van der Waals surface area contributed by atoms with Crippen LogP contribution in [0.25, 0.3) is 11.1 Å². The van der Waals surface area contributed by atoms with Gasteiger partial charge in [-0.05, 0) is 36.8 Å². The summed E-state index contributed by atoms with van der Waals surface area (Å²) in [5.41, 5.74) is 2.09. The second kappa shape index (κ2) is 3.51. The molecular weight excluding hydrogens is 214 g/mol. The van der Waals surface area contributed by atoms with E-state index in [1.807, 2.05) is 0 Å². The zero-order valence-corrected chi connectivity index (χ0v) is 8.80. The van der Waals surface area contributed by atoms with Crippen molar-refractivity contribution in [2.45, 2.75) is 12.8 Å². The highest BCUT2D eigenvalue weighted by Gasteiger charge is 2.14. The van der Waals surface area contributed by atoms with Crippen molar-refractivity contribution in [3.8, 4) is 0 Å². The summed E-state index contributed by atoms with van der Waals surface area (Å²) < 4.78 is 5.17. The summed E-state index contributed by atoms with van der Waals surface area (Å²) in [5.74, 6) is -1.39. The molecule has 0 amide bonds. The van der Waals surface area contributed by atoms with Crippen molar-refractivity contribution in [2.24, 2.45) is 0 Å². The zero-order valence-electron chi connectivity index (χ0n) is 7.98. The quantitative estimate of drug-likeness (QED) is 0.768. The van der Waals surface area contributed by atoms with E-state index in [-0.39, 0.29) is 0 Å².